The van der Waals surface area contributed by atoms with Crippen LogP contribution in [0, 0.1) is 5.41 Å². The van der Waals surface area contributed by atoms with E-state index in [0.29, 0.717) is 17.8 Å². The topological polar surface area (TPSA) is 49.4 Å². The van der Waals surface area contributed by atoms with E-state index in [9.17, 15) is 9.59 Å². The number of carbonyl (C=O) groups excluding carboxylic acids is 2. The Morgan fingerprint density at radius 1 is 1.20 bits per heavy atom. The second-order valence-corrected chi connectivity index (χ2v) is 5.98. The molecule has 1 amide bonds. The standard InChI is InChI=1S/C15H21ClN2O2/c1-15(2,10-16)14(20)17-12-7-5-11(6-8-12)13(19)9-18(3)4/h5-8H,9-10H2,1-4H3,(H,17,20). The lowest BCUT2D eigenvalue weighted by Crippen LogP contribution is -2.32. The molecule has 4 nitrogen and oxygen atoms in total. The summed E-state index contributed by atoms with van der Waals surface area (Å²) in [6.45, 7) is 3.93. The summed E-state index contributed by atoms with van der Waals surface area (Å²) in [7, 11) is 3.70. The summed E-state index contributed by atoms with van der Waals surface area (Å²) in [5.41, 5.74) is 0.670. The van der Waals surface area contributed by atoms with Gasteiger partial charge in [0.1, 0.15) is 0 Å². The van der Waals surface area contributed by atoms with Crippen LogP contribution >= 0.6 is 11.6 Å². The van der Waals surface area contributed by atoms with Gasteiger partial charge >= 0.3 is 0 Å². The van der Waals surface area contributed by atoms with Crippen molar-refractivity contribution in [3.05, 3.63) is 29.8 Å². The molecule has 0 unspecified atom stereocenters. The quantitative estimate of drug-likeness (QED) is 0.648. The number of benzene rings is 1. The number of carbonyl (C=O) groups is 2. The molecule has 0 saturated carbocycles. The average Bonchev–Trinajstić information content (AvgIpc) is 2.38. The third kappa shape index (κ3) is 4.62. The largest absolute Gasteiger partial charge is 0.326 e. The van der Waals surface area contributed by atoms with E-state index in [1.54, 1.807) is 38.1 Å². The van der Waals surface area contributed by atoms with Gasteiger partial charge in [-0.15, -0.1) is 11.6 Å². The Labute approximate surface area is 125 Å². The third-order valence-electron chi connectivity index (χ3n) is 2.87. The molecule has 1 N–H and O–H groups in total. The summed E-state index contributed by atoms with van der Waals surface area (Å²) in [4.78, 5) is 25.6. The maximum Gasteiger partial charge on any atom is 0.231 e. The van der Waals surface area contributed by atoms with Crippen LogP contribution in [0.4, 0.5) is 5.69 Å². The zero-order valence-corrected chi connectivity index (χ0v) is 13.1. The van der Waals surface area contributed by atoms with E-state index in [-0.39, 0.29) is 17.6 Å². The number of likely N-dealkylation sites (N-methyl/N-ethyl adjacent to an activating group) is 1. The first-order valence-electron chi connectivity index (χ1n) is 6.41. The van der Waals surface area contributed by atoms with Crippen LogP contribution in [-0.4, -0.2) is 43.1 Å². The first kappa shape index (κ1) is 16.7. The number of Topliss-reactive ketones (excluding diaryl/α,β-unsaturated/α-hetero) is 1. The van der Waals surface area contributed by atoms with Crippen LogP contribution in [0.3, 0.4) is 0 Å². The van der Waals surface area contributed by atoms with Crippen LogP contribution in [-0.2, 0) is 4.79 Å². The van der Waals surface area contributed by atoms with E-state index < -0.39 is 5.41 Å². The molecule has 110 valence electrons. The fraction of sp³-hybridized carbons (Fsp3) is 0.467. The summed E-state index contributed by atoms with van der Waals surface area (Å²) in [5, 5.41) is 2.79. The number of anilines is 1. The summed E-state index contributed by atoms with van der Waals surface area (Å²) in [6, 6.07) is 6.89. The molecule has 0 aliphatic rings. The van der Waals surface area contributed by atoms with Crippen molar-refractivity contribution in [1.29, 1.82) is 0 Å². The lowest BCUT2D eigenvalue weighted by molar-refractivity contribution is -0.122. The van der Waals surface area contributed by atoms with Crippen molar-refractivity contribution in [1.82, 2.24) is 4.90 Å². The van der Waals surface area contributed by atoms with Crippen LogP contribution in [0.15, 0.2) is 24.3 Å². The Bertz CT molecular complexity index is 481. The maximum absolute atomic E-state index is 12.0. The van der Waals surface area contributed by atoms with Crippen molar-refractivity contribution in [3.63, 3.8) is 0 Å². The molecule has 20 heavy (non-hydrogen) atoms. The SMILES string of the molecule is CN(C)CC(=O)c1ccc(NC(=O)C(C)(C)CCl)cc1. The van der Waals surface area contributed by atoms with E-state index in [2.05, 4.69) is 5.32 Å². The minimum absolute atomic E-state index is 0.0500. The highest BCUT2D eigenvalue weighted by Gasteiger charge is 2.26. The van der Waals surface area contributed by atoms with Gasteiger partial charge in [-0.25, -0.2) is 0 Å². The molecule has 0 atom stereocenters. The highest BCUT2D eigenvalue weighted by molar-refractivity contribution is 6.20. The molecule has 0 bridgehead atoms. The van der Waals surface area contributed by atoms with E-state index in [4.69, 9.17) is 11.6 Å². The van der Waals surface area contributed by atoms with Gasteiger partial charge in [-0.3, -0.25) is 9.59 Å². The minimum atomic E-state index is -0.624. The second-order valence-electron chi connectivity index (χ2n) is 5.71. The Morgan fingerprint density at radius 3 is 2.20 bits per heavy atom. The highest BCUT2D eigenvalue weighted by atomic mass is 35.5. The number of hydrogen-bond donors (Lipinski definition) is 1. The summed E-state index contributed by atoms with van der Waals surface area (Å²) in [5.74, 6) is 0.159. The molecule has 0 aromatic heterocycles. The number of alkyl halides is 1. The number of rotatable bonds is 6. The number of hydrogen-bond acceptors (Lipinski definition) is 3. The summed E-state index contributed by atoms with van der Waals surface area (Å²) < 4.78 is 0. The molecule has 0 saturated heterocycles. The first-order chi connectivity index (χ1) is 9.26. The number of halogens is 1. The van der Waals surface area contributed by atoms with E-state index in [1.807, 2.05) is 19.0 Å². The molecule has 1 aromatic carbocycles. The Morgan fingerprint density at radius 2 is 1.75 bits per heavy atom. The molecular formula is C15H21ClN2O2. The Balaban J connectivity index is 2.73. The molecule has 1 rings (SSSR count). The van der Waals surface area contributed by atoms with Gasteiger partial charge in [-0.2, -0.15) is 0 Å². The van der Waals surface area contributed by atoms with Gasteiger partial charge in [0, 0.05) is 17.1 Å². The molecule has 0 heterocycles. The van der Waals surface area contributed by atoms with Gasteiger partial charge in [-0.1, -0.05) is 0 Å². The molecule has 0 spiro atoms. The lowest BCUT2D eigenvalue weighted by Gasteiger charge is -2.20. The van der Waals surface area contributed by atoms with Crippen molar-refractivity contribution in [2.45, 2.75) is 13.8 Å². The normalized spacial score (nSPS) is 11.5. The summed E-state index contributed by atoms with van der Waals surface area (Å²) in [6.07, 6.45) is 0. The average molecular weight is 297 g/mol. The third-order valence-corrected chi connectivity index (χ3v) is 3.54. The van der Waals surface area contributed by atoms with Crippen LogP contribution in [0.5, 0.6) is 0 Å². The Hall–Kier alpha value is -1.39. The Kier molecular flexibility index (Phi) is 5.72. The molecule has 0 fully saturated rings. The molecule has 5 heteroatoms. The van der Waals surface area contributed by atoms with Gasteiger partial charge in [0.25, 0.3) is 0 Å². The van der Waals surface area contributed by atoms with Crippen LogP contribution in [0.25, 0.3) is 0 Å². The van der Waals surface area contributed by atoms with Crippen LogP contribution in [0.1, 0.15) is 24.2 Å². The predicted molar refractivity (Wildman–Crippen MR) is 82.5 cm³/mol. The van der Waals surface area contributed by atoms with Gasteiger partial charge in [-0.05, 0) is 52.2 Å². The van der Waals surface area contributed by atoms with Crippen molar-refractivity contribution in [3.8, 4) is 0 Å². The monoisotopic (exact) mass is 296 g/mol. The zero-order chi connectivity index (χ0) is 15.3. The smallest absolute Gasteiger partial charge is 0.231 e. The number of ketones is 1. The molecule has 0 aliphatic heterocycles. The van der Waals surface area contributed by atoms with Gasteiger partial charge in [0.2, 0.25) is 5.91 Å². The predicted octanol–water partition coefficient (Wildman–Crippen LogP) is 2.63. The first-order valence-corrected chi connectivity index (χ1v) is 6.95. The molecular weight excluding hydrogens is 276 g/mol. The van der Waals surface area contributed by atoms with E-state index >= 15 is 0 Å². The van der Waals surface area contributed by atoms with Gasteiger partial charge in [0.15, 0.2) is 5.78 Å². The molecule has 1 aromatic rings. The summed E-state index contributed by atoms with van der Waals surface area (Å²) >= 11 is 5.76. The zero-order valence-electron chi connectivity index (χ0n) is 12.4. The number of amides is 1. The van der Waals surface area contributed by atoms with Gasteiger partial charge < -0.3 is 10.2 Å². The van der Waals surface area contributed by atoms with Crippen LogP contribution in [0.2, 0.25) is 0 Å². The maximum atomic E-state index is 12.0. The number of nitrogens with one attached hydrogen (secondary N) is 1. The number of nitrogens with zero attached hydrogens (tertiary/aromatic N) is 1. The van der Waals surface area contributed by atoms with E-state index in [0.717, 1.165) is 0 Å². The van der Waals surface area contributed by atoms with Crippen molar-refractivity contribution >= 4 is 29.0 Å². The van der Waals surface area contributed by atoms with E-state index in [1.165, 1.54) is 0 Å². The fourth-order valence-electron chi connectivity index (χ4n) is 1.48. The van der Waals surface area contributed by atoms with Gasteiger partial charge in [0.05, 0.1) is 12.0 Å². The molecule has 0 aliphatic carbocycles. The lowest BCUT2D eigenvalue weighted by atomic mass is 9.95. The van der Waals surface area contributed by atoms with Crippen molar-refractivity contribution in [2.75, 3.05) is 31.8 Å². The van der Waals surface area contributed by atoms with Crippen molar-refractivity contribution < 1.29 is 9.59 Å². The van der Waals surface area contributed by atoms with Crippen molar-refractivity contribution in [2.24, 2.45) is 5.41 Å². The van der Waals surface area contributed by atoms with Crippen LogP contribution < -0.4 is 5.32 Å². The fourth-order valence-corrected chi connectivity index (χ4v) is 1.60. The minimum Gasteiger partial charge on any atom is -0.326 e. The molecule has 0 radical (unpaired) electrons. The highest BCUT2D eigenvalue weighted by Crippen LogP contribution is 2.20. The second kappa shape index (κ2) is 6.86.